The number of rotatable bonds is 7. The summed E-state index contributed by atoms with van der Waals surface area (Å²) in [6, 6.07) is 8.18. The van der Waals surface area contributed by atoms with E-state index in [9.17, 15) is 4.79 Å². The summed E-state index contributed by atoms with van der Waals surface area (Å²) in [5, 5.41) is 3.42. The zero-order valence-electron chi connectivity index (χ0n) is 16.2. The number of aryl methyl sites for hydroxylation is 1. The van der Waals surface area contributed by atoms with Crippen molar-refractivity contribution in [3.05, 3.63) is 29.8 Å². The van der Waals surface area contributed by atoms with Crippen LogP contribution < -0.4 is 10.1 Å². The number of ether oxygens (including phenoxy) is 2. The Morgan fingerprint density at radius 3 is 2.77 bits per heavy atom. The summed E-state index contributed by atoms with van der Waals surface area (Å²) in [5.74, 6) is 1.61. The Hall–Kier alpha value is -2.24. The van der Waals surface area contributed by atoms with Gasteiger partial charge in [0.05, 0.1) is 19.6 Å². The van der Waals surface area contributed by atoms with E-state index in [0.29, 0.717) is 13.2 Å². The number of methoxy groups -OCH3 is 1. The molecule has 1 aliphatic rings. The minimum absolute atomic E-state index is 0.0541. The average Bonchev–Trinajstić information content (AvgIpc) is 2.69. The van der Waals surface area contributed by atoms with Crippen molar-refractivity contribution in [1.29, 1.82) is 0 Å². The Balaban J connectivity index is 1.76. The highest BCUT2D eigenvalue weighted by molar-refractivity contribution is 5.81. The summed E-state index contributed by atoms with van der Waals surface area (Å²) < 4.78 is 10.4. The Bertz CT molecular complexity index is 586. The molecule has 1 atom stereocenters. The van der Waals surface area contributed by atoms with Gasteiger partial charge in [-0.25, -0.2) is 0 Å². The Morgan fingerprint density at radius 1 is 1.35 bits per heavy atom. The highest BCUT2D eigenvalue weighted by atomic mass is 16.5. The predicted molar refractivity (Wildman–Crippen MR) is 104 cm³/mol. The van der Waals surface area contributed by atoms with Gasteiger partial charge in [-0.2, -0.15) is 0 Å². The summed E-state index contributed by atoms with van der Waals surface area (Å²) >= 11 is 0. The first-order valence-corrected chi connectivity index (χ1v) is 9.43. The first-order chi connectivity index (χ1) is 12.7. The molecule has 1 fully saturated rings. The van der Waals surface area contributed by atoms with Crippen LogP contribution >= 0.6 is 0 Å². The second kappa shape index (κ2) is 10.7. The van der Waals surface area contributed by atoms with Gasteiger partial charge in [0.15, 0.2) is 5.96 Å². The summed E-state index contributed by atoms with van der Waals surface area (Å²) in [7, 11) is 3.47. The molecule has 0 aliphatic carbocycles. The van der Waals surface area contributed by atoms with Crippen LogP contribution in [0.15, 0.2) is 29.3 Å². The van der Waals surface area contributed by atoms with E-state index in [4.69, 9.17) is 9.47 Å². The summed E-state index contributed by atoms with van der Waals surface area (Å²) in [6.45, 7) is 4.74. The largest absolute Gasteiger partial charge is 0.497 e. The lowest BCUT2D eigenvalue weighted by Crippen LogP contribution is -2.48. The Kier molecular flexibility index (Phi) is 8.25. The summed E-state index contributed by atoms with van der Waals surface area (Å²) in [6.07, 6.45) is 3.89. The summed E-state index contributed by atoms with van der Waals surface area (Å²) in [4.78, 5) is 18.5. The van der Waals surface area contributed by atoms with Gasteiger partial charge in [-0.3, -0.25) is 9.79 Å². The second-order valence-electron chi connectivity index (χ2n) is 6.46. The van der Waals surface area contributed by atoms with E-state index in [2.05, 4.69) is 27.3 Å². The molecule has 1 aliphatic heterocycles. The van der Waals surface area contributed by atoms with Gasteiger partial charge in [0.25, 0.3) is 0 Å². The third-order valence-corrected chi connectivity index (χ3v) is 4.64. The van der Waals surface area contributed by atoms with Gasteiger partial charge in [-0.15, -0.1) is 0 Å². The molecule has 6 heteroatoms. The van der Waals surface area contributed by atoms with E-state index in [1.165, 1.54) is 5.56 Å². The minimum atomic E-state index is -0.0906. The molecular weight excluding hydrogens is 330 g/mol. The fourth-order valence-corrected chi connectivity index (χ4v) is 3.24. The molecule has 0 spiro atoms. The number of carbonyl (C=O) groups is 1. The third-order valence-electron chi connectivity index (χ3n) is 4.64. The number of carbonyl (C=O) groups excluding carboxylic acids is 1. The fraction of sp³-hybridized carbons (Fsp3) is 0.600. The van der Waals surface area contributed by atoms with Gasteiger partial charge < -0.3 is 19.7 Å². The number of likely N-dealkylation sites (tertiary alicyclic amines) is 1. The van der Waals surface area contributed by atoms with Crippen molar-refractivity contribution in [2.75, 3.05) is 40.4 Å². The maximum atomic E-state index is 12.0. The predicted octanol–water partition coefficient (Wildman–Crippen LogP) is 2.48. The number of piperidine rings is 1. The van der Waals surface area contributed by atoms with E-state index in [-0.39, 0.29) is 11.9 Å². The molecule has 0 radical (unpaired) electrons. The number of guanidine groups is 1. The smallest absolute Gasteiger partial charge is 0.310 e. The van der Waals surface area contributed by atoms with Gasteiger partial charge >= 0.3 is 5.97 Å². The van der Waals surface area contributed by atoms with Crippen LogP contribution in [0, 0.1) is 5.92 Å². The van der Waals surface area contributed by atoms with Crippen molar-refractivity contribution in [3.63, 3.8) is 0 Å². The van der Waals surface area contributed by atoms with Crippen LogP contribution in [-0.2, 0) is 16.0 Å². The molecule has 0 amide bonds. The lowest BCUT2D eigenvalue weighted by Gasteiger charge is -2.34. The maximum Gasteiger partial charge on any atom is 0.310 e. The zero-order valence-corrected chi connectivity index (χ0v) is 16.2. The van der Waals surface area contributed by atoms with Crippen LogP contribution in [0.1, 0.15) is 31.7 Å². The van der Waals surface area contributed by atoms with E-state index in [1.807, 2.05) is 19.1 Å². The molecule has 144 valence electrons. The molecule has 6 nitrogen and oxygen atoms in total. The SMILES string of the molecule is CCOC(=O)C1CCCN(C(=NC)NCCCc2ccc(OC)cc2)C1. The summed E-state index contributed by atoms with van der Waals surface area (Å²) in [5.41, 5.74) is 1.29. The highest BCUT2D eigenvalue weighted by Gasteiger charge is 2.28. The number of nitrogens with one attached hydrogen (secondary N) is 1. The molecule has 2 rings (SSSR count). The first-order valence-electron chi connectivity index (χ1n) is 9.43. The number of hydrogen-bond donors (Lipinski definition) is 1. The number of aliphatic imine (C=N–C) groups is 1. The van der Waals surface area contributed by atoms with E-state index in [1.54, 1.807) is 14.2 Å². The van der Waals surface area contributed by atoms with E-state index in [0.717, 1.165) is 50.5 Å². The molecule has 1 aromatic rings. The van der Waals surface area contributed by atoms with Crippen LogP contribution in [0.3, 0.4) is 0 Å². The third kappa shape index (κ3) is 5.93. The highest BCUT2D eigenvalue weighted by Crippen LogP contribution is 2.18. The van der Waals surface area contributed by atoms with Crippen LogP contribution in [-0.4, -0.2) is 57.2 Å². The van der Waals surface area contributed by atoms with Crippen molar-refractivity contribution in [3.8, 4) is 5.75 Å². The topological polar surface area (TPSA) is 63.2 Å². The zero-order chi connectivity index (χ0) is 18.8. The molecule has 0 bridgehead atoms. The molecule has 26 heavy (non-hydrogen) atoms. The fourth-order valence-electron chi connectivity index (χ4n) is 3.24. The van der Waals surface area contributed by atoms with Crippen molar-refractivity contribution >= 4 is 11.9 Å². The molecule has 0 saturated carbocycles. The normalized spacial score (nSPS) is 17.7. The Morgan fingerprint density at radius 2 is 2.12 bits per heavy atom. The van der Waals surface area contributed by atoms with Crippen molar-refractivity contribution < 1.29 is 14.3 Å². The van der Waals surface area contributed by atoms with Gasteiger partial charge in [-0.05, 0) is 50.3 Å². The van der Waals surface area contributed by atoms with Gasteiger partial charge in [-0.1, -0.05) is 12.1 Å². The van der Waals surface area contributed by atoms with Crippen LogP contribution in [0.4, 0.5) is 0 Å². The number of esters is 1. The maximum absolute atomic E-state index is 12.0. The minimum Gasteiger partial charge on any atom is -0.497 e. The van der Waals surface area contributed by atoms with Gasteiger partial charge in [0.1, 0.15) is 5.75 Å². The van der Waals surface area contributed by atoms with Gasteiger partial charge in [0, 0.05) is 26.7 Å². The molecule has 0 aromatic heterocycles. The molecule has 1 saturated heterocycles. The van der Waals surface area contributed by atoms with Gasteiger partial charge in [0.2, 0.25) is 0 Å². The van der Waals surface area contributed by atoms with Crippen LogP contribution in [0.25, 0.3) is 0 Å². The number of benzene rings is 1. The number of hydrogen-bond acceptors (Lipinski definition) is 4. The molecule has 1 heterocycles. The monoisotopic (exact) mass is 361 g/mol. The average molecular weight is 361 g/mol. The molecule has 1 unspecified atom stereocenters. The molecular formula is C20H31N3O3. The number of nitrogens with zero attached hydrogens (tertiary/aromatic N) is 2. The lowest BCUT2D eigenvalue weighted by molar-refractivity contribution is -0.149. The quantitative estimate of drug-likeness (QED) is 0.350. The molecule has 1 aromatic carbocycles. The standard InChI is InChI=1S/C20H31N3O3/c1-4-26-19(24)17-8-6-14-23(15-17)20(21-2)22-13-5-7-16-9-11-18(25-3)12-10-16/h9-12,17H,4-8,13-15H2,1-3H3,(H,21,22). The van der Waals surface area contributed by atoms with E-state index < -0.39 is 0 Å². The lowest BCUT2D eigenvalue weighted by atomic mass is 9.98. The van der Waals surface area contributed by atoms with E-state index >= 15 is 0 Å². The van der Waals surface area contributed by atoms with Crippen molar-refractivity contribution in [2.45, 2.75) is 32.6 Å². The second-order valence-corrected chi connectivity index (χ2v) is 6.46. The van der Waals surface area contributed by atoms with Crippen LogP contribution in [0.2, 0.25) is 0 Å². The Labute approximate surface area is 156 Å². The first kappa shape index (κ1) is 20.1. The van der Waals surface area contributed by atoms with Crippen LogP contribution in [0.5, 0.6) is 5.75 Å². The van der Waals surface area contributed by atoms with Crippen molar-refractivity contribution in [2.24, 2.45) is 10.9 Å². The van der Waals surface area contributed by atoms with Crippen molar-refractivity contribution in [1.82, 2.24) is 10.2 Å². The molecule has 1 N–H and O–H groups in total.